The summed E-state index contributed by atoms with van der Waals surface area (Å²) in [7, 11) is 1.85. The SMILES string of the molecule is CN=C(NCC1CC1C)NCC1CCCOC1C(C)(C)C.I. The Bertz CT molecular complexity index is 367. The Morgan fingerprint density at radius 2 is 1.77 bits per heavy atom. The summed E-state index contributed by atoms with van der Waals surface area (Å²) in [6.07, 6.45) is 4.10. The van der Waals surface area contributed by atoms with Crippen LogP contribution in [0.5, 0.6) is 0 Å². The number of ether oxygens (including phenoxy) is 1. The zero-order valence-corrected chi connectivity index (χ0v) is 17.1. The molecule has 1 saturated heterocycles. The summed E-state index contributed by atoms with van der Waals surface area (Å²) < 4.78 is 6.04. The molecule has 1 saturated carbocycles. The molecule has 0 aromatic carbocycles. The van der Waals surface area contributed by atoms with Crippen molar-refractivity contribution in [3.05, 3.63) is 0 Å². The van der Waals surface area contributed by atoms with Crippen LogP contribution in [0.1, 0.15) is 47.0 Å². The molecule has 22 heavy (non-hydrogen) atoms. The average Bonchev–Trinajstić information content (AvgIpc) is 3.14. The van der Waals surface area contributed by atoms with Crippen LogP contribution in [0, 0.1) is 23.2 Å². The van der Waals surface area contributed by atoms with Crippen LogP contribution in [0.3, 0.4) is 0 Å². The molecule has 4 atom stereocenters. The third kappa shape index (κ3) is 5.87. The highest BCUT2D eigenvalue weighted by molar-refractivity contribution is 14.0. The zero-order chi connectivity index (χ0) is 15.5. The number of hydrogen-bond acceptors (Lipinski definition) is 2. The minimum absolute atomic E-state index is 0. The quantitative estimate of drug-likeness (QED) is 0.415. The maximum Gasteiger partial charge on any atom is 0.190 e. The van der Waals surface area contributed by atoms with E-state index in [0.717, 1.165) is 37.5 Å². The van der Waals surface area contributed by atoms with Crippen molar-refractivity contribution >= 4 is 29.9 Å². The third-order valence-corrected chi connectivity index (χ3v) is 4.86. The van der Waals surface area contributed by atoms with Gasteiger partial charge in [-0.1, -0.05) is 27.7 Å². The van der Waals surface area contributed by atoms with E-state index in [0.29, 0.717) is 12.0 Å². The molecule has 2 aliphatic rings. The summed E-state index contributed by atoms with van der Waals surface area (Å²) in [5.41, 5.74) is 0.202. The van der Waals surface area contributed by atoms with E-state index in [-0.39, 0.29) is 29.4 Å². The summed E-state index contributed by atoms with van der Waals surface area (Å²) in [4.78, 5) is 4.34. The van der Waals surface area contributed by atoms with Crippen LogP contribution in [0.4, 0.5) is 0 Å². The van der Waals surface area contributed by atoms with Gasteiger partial charge in [-0.05, 0) is 36.5 Å². The normalized spacial score (nSPS) is 32.1. The summed E-state index contributed by atoms with van der Waals surface area (Å²) in [5, 5.41) is 6.95. The molecule has 5 heteroatoms. The number of rotatable bonds is 4. The Kier molecular flexibility index (Phi) is 7.92. The van der Waals surface area contributed by atoms with Crippen LogP contribution in [-0.2, 0) is 4.74 Å². The molecule has 2 N–H and O–H groups in total. The topological polar surface area (TPSA) is 45.7 Å². The minimum Gasteiger partial charge on any atom is -0.377 e. The first-order valence-corrected chi connectivity index (χ1v) is 8.48. The summed E-state index contributed by atoms with van der Waals surface area (Å²) in [6, 6.07) is 0. The summed E-state index contributed by atoms with van der Waals surface area (Å²) >= 11 is 0. The van der Waals surface area contributed by atoms with Crippen LogP contribution in [0.25, 0.3) is 0 Å². The molecule has 4 nitrogen and oxygen atoms in total. The Morgan fingerprint density at radius 3 is 2.27 bits per heavy atom. The molecular formula is C17H34IN3O. The highest BCUT2D eigenvalue weighted by atomic mass is 127. The summed E-state index contributed by atoms with van der Waals surface area (Å²) in [6.45, 7) is 12.0. The second-order valence-electron chi connectivity index (χ2n) is 7.87. The van der Waals surface area contributed by atoms with Gasteiger partial charge in [0, 0.05) is 32.7 Å². The Morgan fingerprint density at radius 1 is 1.18 bits per heavy atom. The van der Waals surface area contributed by atoms with Crippen molar-refractivity contribution in [2.45, 2.75) is 53.1 Å². The van der Waals surface area contributed by atoms with Gasteiger partial charge in [0.05, 0.1) is 6.10 Å². The van der Waals surface area contributed by atoms with Crippen molar-refractivity contribution < 1.29 is 4.74 Å². The molecule has 1 aliphatic heterocycles. The number of nitrogens with zero attached hydrogens (tertiary/aromatic N) is 1. The smallest absolute Gasteiger partial charge is 0.190 e. The van der Waals surface area contributed by atoms with Gasteiger partial charge < -0.3 is 15.4 Å². The molecule has 4 unspecified atom stereocenters. The predicted molar refractivity (Wildman–Crippen MR) is 104 cm³/mol. The van der Waals surface area contributed by atoms with E-state index in [4.69, 9.17) is 4.74 Å². The molecule has 1 heterocycles. The highest BCUT2D eigenvalue weighted by Crippen LogP contribution is 2.36. The van der Waals surface area contributed by atoms with Crippen molar-refractivity contribution in [3.8, 4) is 0 Å². The molecule has 0 amide bonds. The fraction of sp³-hybridized carbons (Fsp3) is 0.941. The monoisotopic (exact) mass is 423 g/mol. The number of aliphatic imine (C=N–C) groups is 1. The first-order chi connectivity index (χ1) is 9.91. The largest absolute Gasteiger partial charge is 0.377 e. The van der Waals surface area contributed by atoms with E-state index < -0.39 is 0 Å². The first kappa shape index (κ1) is 20.0. The minimum atomic E-state index is 0. The van der Waals surface area contributed by atoms with Gasteiger partial charge in [-0.2, -0.15) is 0 Å². The van der Waals surface area contributed by atoms with Crippen LogP contribution < -0.4 is 10.6 Å². The fourth-order valence-corrected chi connectivity index (χ4v) is 3.37. The van der Waals surface area contributed by atoms with Gasteiger partial charge in [-0.25, -0.2) is 0 Å². The van der Waals surface area contributed by atoms with Crippen LogP contribution in [0.2, 0.25) is 0 Å². The Balaban J connectivity index is 0.00000242. The lowest BCUT2D eigenvalue weighted by molar-refractivity contribution is -0.0835. The maximum atomic E-state index is 6.04. The van der Waals surface area contributed by atoms with Gasteiger partial charge in [-0.3, -0.25) is 4.99 Å². The molecule has 130 valence electrons. The number of halogens is 1. The van der Waals surface area contributed by atoms with Crippen molar-refractivity contribution in [1.29, 1.82) is 0 Å². The standard InChI is InChI=1S/C17H33N3O.HI/c1-12-9-14(12)11-20-16(18-5)19-10-13-7-6-8-21-15(13)17(2,3)4;/h12-15H,6-11H2,1-5H3,(H2,18,19,20);1H. The van der Waals surface area contributed by atoms with Crippen LogP contribution in [0.15, 0.2) is 4.99 Å². The van der Waals surface area contributed by atoms with E-state index in [9.17, 15) is 0 Å². The number of guanidine groups is 1. The lowest BCUT2D eigenvalue weighted by atomic mass is 9.78. The molecule has 2 fully saturated rings. The van der Waals surface area contributed by atoms with E-state index in [1.165, 1.54) is 19.3 Å². The first-order valence-electron chi connectivity index (χ1n) is 8.48. The number of hydrogen-bond donors (Lipinski definition) is 2. The molecule has 0 aromatic rings. The fourth-order valence-electron chi connectivity index (χ4n) is 3.37. The van der Waals surface area contributed by atoms with E-state index in [2.05, 4.69) is 43.3 Å². The highest BCUT2D eigenvalue weighted by Gasteiger charge is 2.35. The lowest BCUT2D eigenvalue weighted by Crippen LogP contribution is -2.47. The average molecular weight is 423 g/mol. The Hall–Kier alpha value is -0.0400. The molecule has 2 rings (SSSR count). The maximum absolute atomic E-state index is 6.04. The van der Waals surface area contributed by atoms with Gasteiger partial charge in [-0.15, -0.1) is 24.0 Å². The molecule has 0 spiro atoms. The molecule has 1 aliphatic carbocycles. The van der Waals surface area contributed by atoms with Gasteiger partial charge >= 0.3 is 0 Å². The van der Waals surface area contributed by atoms with E-state index in [1.807, 2.05) is 7.05 Å². The third-order valence-electron chi connectivity index (χ3n) is 4.86. The van der Waals surface area contributed by atoms with Crippen molar-refractivity contribution in [3.63, 3.8) is 0 Å². The molecule has 0 aromatic heterocycles. The summed E-state index contributed by atoms with van der Waals surface area (Å²) in [5.74, 6) is 3.22. The second kappa shape index (κ2) is 8.71. The van der Waals surface area contributed by atoms with Crippen molar-refractivity contribution in [2.24, 2.45) is 28.2 Å². The van der Waals surface area contributed by atoms with Crippen LogP contribution >= 0.6 is 24.0 Å². The lowest BCUT2D eigenvalue weighted by Gasteiger charge is -2.40. The van der Waals surface area contributed by atoms with Gasteiger partial charge in [0.1, 0.15) is 0 Å². The van der Waals surface area contributed by atoms with Gasteiger partial charge in [0.15, 0.2) is 5.96 Å². The second-order valence-corrected chi connectivity index (χ2v) is 7.87. The predicted octanol–water partition coefficient (Wildman–Crippen LogP) is 3.27. The van der Waals surface area contributed by atoms with Gasteiger partial charge in [0.25, 0.3) is 0 Å². The van der Waals surface area contributed by atoms with Crippen molar-refractivity contribution in [1.82, 2.24) is 10.6 Å². The van der Waals surface area contributed by atoms with Crippen LogP contribution in [-0.4, -0.2) is 38.8 Å². The molecular weight excluding hydrogens is 389 g/mol. The van der Waals surface area contributed by atoms with Crippen molar-refractivity contribution in [2.75, 3.05) is 26.7 Å². The molecule has 0 radical (unpaired) electrons. The molecule has 0 bridgehead atoms. The zero-order valence-electron chi connectivity index (χ0n) is 14.8. The number of nitrogens with one attached hydrogen (secondary N) is 2. The van der Waals surface area contributed by atoms with Gasteiger partial charge in [0.2, 0.25) is 0 Å². The van der Waals surface area contributed by atoms with E-state index >= 15 is 0 Å². The van der Waals surface area contributed by atoms with E-state index in [1.54, 1.807) is 0 Å². The Labute approximate surface area is 153 Å².